The molecule has 2 heterocycles. The van der Waals surface area contributed by atoms with Gasteiger partial charge in [-0.15, -0.1) is 0 Å². The van der Waals surface area contributed by atoms with Crippen molar-refractivity contribution in [1.82, 2.24) is 15.1 Å². The average Bonchev–Trinajstić information content (AvgIpc) is 2.58. The Morgan fingerprint density at radius 1 is 1.24 bits per heavy atom. The molecule has 0 aromatic rings. The van der Waals surface area contributed by atoms with E-state index in [-0.39, 0.29) is 6.54 Å². The number of nitrogens with zero attached hydrogens (tertiary/aromatic N) is 3. The summed E-state index contributed by atoms with van der Waals surface area (Å²) in [6.45, 7) is 6.77. The number of piperazine rings is 1. The summed E-state index contributed by atoms with van der Waals surface area (Å²) in [6, 6.07) is -1.43. The number of hydrogen-bond donors (Lipinski definition) is 2. The third-order valence-electron chi connectivity index (χ3n) is 4.92. The molecule has 1 atom stereocenters. The van der Waals surface area contributed by atoms with E-state index < -0.39 is 17.8 Å². The van der Waals surface area contributed by atoms with Crippen molar-refractivity contribution >= 4 is 5.96 Å². The third kappa shape index (κ3) is 5.72. The molecular weight excluding hydrogens is 337 g/mol. The summed E-state index contributed by atoms with van der Waals surface area (Å²) >= 11 is 0. The summed E-state index contributed by atoms with van der Waals surface area (Å²) < 4.78 is 43.8. The molecule has 0 aliphatic carbocycles. The first-order chi connectivity index (χ1) is 11.7. The topological polar surface area (TPSA) is 60.3 Å². The Morgan fingerprint density at radius 2 is 1.84 bits per heavy atom. The molecule has 1 unspecified atom stereocenters. The van der Waals surface area contributed by atoms with Crippen LogP contribution in [0.15, 0.2) is 4.99 Å². The third-order valence-corrected chi connectivity index (χ3v) is 4.92. The summed E-state index contributed by atoms with van der Waals surface area (Å²) in [4.78, 5) is 7.95. The number of alkyl halides is 3. The van der Waals surface area contributed by atoms with Crippen molar-refractivity contribution in [2.75, 3.05) is 52.5 Å². The monoisotopic (exact) mass is 366 g/mol. The Hall–Kier alpha value is -1.06. The van der Waals surface area contributed by atoms with Gasteiger partial charge in [-0.3, -0.25) is 9.89 Å². The number of aliphatic hydroxyl groups is 1. The quantitative estimate of drug-likeness (QED) is 0.576. The van der Waals surface area contributed by atoms with Crippen molar-refractivity contribution in [3.63, 3.8) is 0 Å². The molecule has 0 spiro atoms. The molecule has 6 nitrogen and oxygen atoms in total. The zero-order chi connectivity index (χ0) is 18.5. The van der Waals surface area contributed by atoms with Gasteiger partial charge < -0.3 is 20.1 Å². The highest BCUT2D eigenvalue weighted by molar-refractivity contribution is 5.80. The Balaban J connectivity index is 1.93. The predicted molar refractivity (Wildman–Crippen MR) is 89.6 cm³/mol. The van der Waals surface area contributed by atoms with E-state index in [0.717, 1.165) is 0 Å². The molecule has 0 aromatic heterocycles. The summed E-state index contributed by atoms with van der Waals surface area (Å²) in [7, 11) is 0. The molecule has 0 aromatic carbocycles. The van der Waals surface area contributed by atoms with Gasteiger partial charge in [0.15, 0.2) is 5.96 Å². The number of rotatable bonds is 4. The lowest BCUT2D eigenvalue weighted by Crippen LogP contribution is -2.57. The van der Waals surface area contributed by atoms with Gasteiger partial charge in [-0.25, -0.2) is 0 Å². The summed E-state index contributed by atoms with van der Waals surface area (Å²) in [5, 5.41) is 13.7. The van der Waals surface area contributed by atoms with Crippen LogP contribution in [-0.4, -0.2) is 91.2 Å². The molecule has 2 aliphatic rings. The fraction of sp³-hybridized carbons (Fsp3) is 0.938. The van der Waals surface area contributed by atoms with E-state index in [1.165, 1.54) is 11.8 Å². The molecule has 2 saturated heterocycles. The van der Waals surface area contributed by atoms with E-state index in [4.69, 9.17) is 4.74 Å². The van der Waals surface area contributed by atoms with Crippen LogP contribution in [0.1, 0.15) is 26.7 Å². The first kappa shape index (κ1) is 20.3. The fourth-order valence-electron chi connectivity index (χ4n) is 3.09. The second kappa shape index (κ2) is 8.55. The van der Waals surface area contributed by atoms with E-state index in [9.17, 15) is 18.3 Å². The van der Waals surface area contributed by atoms with Crippen LogP contribution in [0.5, 0.6) is 0 Å². The van der Waals surface area contributed by atoms with E-state index in [2.05, 4.69) is 10.3 Å². The minimum Gasteiger partial charge on any atom is -0.388 e. The zero-order valence-electron chi connectivity index (χ0n) is 15.0. The number of halogens is 3. The maximum absolute atomic E-state index is 12.8. The maximum Gasteiger partial charge on any atom is 0.403 e. The van der Waals surface area contributed by atoms with E-state index in [1.807, 2.05) is 11.8 Å². The summed E-state index contributed by atoms with van der Waals surface area (Å²) in [5.74, 6) is 0.654. The van der Waals surface area contributed by atoms with Gasteiger partial charge in [0.2, 0.25) is 0 Å². The van der Waals surface area contributed by atoms with Gasteiger partial charge >= 0.3 is 6.18 Å². The molecule has 2 rings (SSSR count). The Morgan fingerprint density at radius 3 is 2.36 bits per heavy atom. The second-order valence-electron chi connectivity index (χ2n) is 6.75. The zero-order valence-corrected chi connectivity index (χ0v) is 15.0. The number of guanidine groups is 1. The second-order valence-corrected chi connectivity index (χ2v) is 6.75. The molecule has 2 aliphatic heterocycles. The van der Waals surface area contributed by atoms with Gasteiger partial charge in [0.1, 0.15) is 6.04 Å². The molecule has 25 heavy (non-hydrogen) atoms. The minimum atomic E-state index is -4.20. The van der Waals surface area contributed by atoms with Gasteiger partial charge in [-0.1, -0.05) is 0 Å². The van der Waals surface area contributed by atoms with Crippen LogP contribution in [0.4, 0.5) is 13.2 Å². The lowest BCUT2D eigenvalue weighted by atomic mass is 9.95. The smallest absolute Gasteiger partial charge is 0.388 e. The SMILES string of the molecule is CCNC(=NCC1(O)CCOCC1)N1CCN(C(C)C(F)(F)F)CC1. The Kier molecular flexibility index (Phi) is 6.93. The molecule has 0 radical (unpaired) electrons. The van der Waals surface area contributed by atoms with Crippen LogP contribution < -0.4 is 5.32 Å². The molecule has 146 valence electrons. The van der Waals surface area contributed by atoms with E-state index in [1.54, 1.807) is 0 Å². The van der Waals surface area contributed by atoms with Crippen molar-refractivity contribution < 1.29 is 23.0 Å². The molecule has 0 bridgehead atoms. The highest BCUT2D eigenvalue weighted by atomic mass is 19.4. The van der Waals surface area contributed by atoms with Gasteiger partial charge in [-0.05, 0) is 13.8 Å². The van der Waals surface area contributed by atoms with Crippen molar-refractivity contribution in [1.29, 1.82) is 0 Å². The lowest BCUT2D eigenvalue weighted by molar-refractivity contribution is -0.181. The number of ether oxygens (including phenoxy) is 1. The van der Waals surface area contributed by atoms with Crippen LogP contribution >= 0.6 is 0 Å². The van der Waals surface area contributed by atoms with E-state index >= 15 is 0 Å². The first-order valence-corrected chi connectivity index (χ1v) is 8.89. The molecule has 2 fully saturated rings. The predicted octanol–water partition coefficient (Wildman–Crippen LogP) is 1.06. The lowest BCUT2D eigenvalue weighted by Gasteiger charge is -2.40. The van der Waals surface area contributed by atoms with Crippen LogP contribution in [-0.2, 0) is 4.74 Å². The largest absolute Gasteiger partial charge is 0.403 e. The summed E-state index contributed by atoms with van der Waals surface area (Å²) in [6.07, 6.45) is -3.10. The fourth-order valence-corrected chi connectivity index (χ4v) is 3.09. The average molecular weight is 366 g/mol. The van der Waals surface area contributed by atoms with Gasteiger partial charge in [-0.2, -0.15) is 13.2 Å². The first-order valence-electron chi connectivity index (χ1n) is 8.89. The van der Waals surface area contributed by atoms with Crippen molar-refractivity contribution in [3.8, 4) is 0 Å². The highest BCUT2D eigenvalue weighted by Crippen LogP contribution is 2.25. The number of nitrogens with one attached hydrogen (secondary N) is 1. The van der Waals surface area contributed by atoms with Crippen LogP contribution in [0.2, 0.25) is 0 Å². The van der Waals surface area contributed by atoms with Crippen LogP contribution in [0, 0.1) is 0 Å². The Labute approximate surface area is 147 Å². The Bertz CT molecular complexity index is 445. The van der Waals surface area contributed by atoms with Crippen molar-refractivity contribution in [3.05, 3.63) is 0 Å². The maximum atomic E-state index is 12.8. The number of aliphatic imine (C=N–C) groups is 1. The molecule has 0 amide bonds. The van der Waals surface area contributed by atoms with Crippen LogP contribution in [0.25, 0.3) is 0 Å². The molecule has 9 heteroatoms. The minimum absolute atomic E-state index is 0.276. The van der Waals surface area contributed by atoms with Crippen molar-refractivity contribution in [2.24, 2.45) is 4.99 Å². The normalized spacial score (nSPS) is 24.2. The number of hydrogen-bond acceptors (Lipinski definition) is 4. The summed E-state index contributed by atoms with van der Waals surface area (Å²) in [5.41, 5.74) is -0.856. The van der Waals surface area contributed by atoms with E-state index in [0.29, 0.717) is 64.7 Å². The van der Waals surface area contributed by atoms with Gasteiger partial charge in [0.25, 0.3) is 0 Å². The standard InChI is InChI=1S/C16H29F3N4O2/c1-3-20-14(21-12-15(24)4-10-25-11-5-15)23-8-6-22(7-9-23)13(2)16(17,18)19/h13,24H,3-12H2,1-2H3,(H,20,21). The van der Waals surface area contributed by atoms with Crippen molar-refractivity contribution in [2.45, 2.75) is 44.5 Å². The highest BCUT2D eigenvalue weighted by Gasteiger charge is 2.41. The molecular formula is C16H29F3N4O2. The van der Waals surface area contributed by atoms with Gasteiger partial charge in [0, 0.05) is 58.8 Å². The van der Waals surface area contributed by atoms with Crippen LogP contribution in [0.3, 0.4) is 0 Å². The van der Waals surface area contributed by atoms with Gasteiger partial charge in [0.05, 0.1) is 12.1 Å². The molecule has 0 saturated carbocycles. The molecule has 2 N–H and O–H groups in total.